The molecule has 0 spiro atoms. The average Bonchev–Trinajstić information content (AvgIpc) is 3.21. The van der Waals surface area contributed by atoms with Gasteiger partial charge in [-0.3, -0.25) is 14.5 Å². The number of halogens is 2. The lowest BCUT2D eigenvalue weighted by molar-refractivity contribution is -0.146. The molecule has 11 nitrogen and oxygen atoms in total. The lowest BCUT2D eigenvalue weighted by Crippen LogP contribution is -2.57. The number of esters is 1. The van der Waals surface area contributed by atoms with Crippen molar-refractivity contribution < 1.29 is 28.6 Å². The summed E-state index contributed by atoms with van der Waals surface area (Å²) in [4.78, 5) is 51.7. The second kappa shape index (κ2) is 12.8. The van der Waals surface area contributed by atoms with Crippen molar-refractivity contribution in [2.75, 3.05) is 51.3 Å². The van der Waals surface area contributed by atoms with Gasteiger partial charge in [0.1, 0.15) is 35.2 Å². The SMILES string of the molecule is CN(C(=O)OC(C)(C)C)C1CN(c2nc(Cl)c(Cl)c3c2C(=O)N2CCN(CC(=O)OCc4ccccc4)C[C@@H]2CO3)C(C)(C)C1. The van der Waals surface area contributed by atoms with Crippen LogP contribution < -0.4 is 9.64 Å². The Hall–Kier alpha value is -3.28. The fourth-order valence-corrected chi connectivity index (χ4v) is 6.47. The van der Waals surface area contributed by atoms with E-state index in [1.807, 2.05) is 74.8 Å². The molecule has 13 heteroatoms. The van der Waals surface area contributed by atoms with E-state index in [1.165, 1.54) is 0 Å². The molecular weight excluding hydrogens is 621 g/mol. The quantitative estimate of drug-likeness (QED) is 0.317. The summed E-state index contributed by atoms with van der Waals surface area (Å²) in [5.74, 6) is -0.0405. The standard InChI is InChI=1S/C32H41Cl2N5O6/c1-31(2,3)45-30(42)36(6)21-14-32(4,5)39(16-21)28-24-26(25(33)27(34)35-28)44-19-22-15-37(12-13-38(22)29(24)41)17-23(40)43-18-20-10-8-7-9-11-20/h7-11,21-22H,12-19H2,1-6H3/t21?,22-/m1/s1. The van der Waals surface area contributed by atoms with Crippen LogP contribution in [0.3, 0.4) is 0 Å². The number of fused-ring (bicyclic) bond motifs is 2. The van der Waals surface area contributed by atoms with Crippen molar-refractivity contribution in [3.63, 3.8) is 0 Å². The molecule has 0 saturated carbocycles. The number of nitrogens with zero attached hydrogens (tertiary/aromatic N) is 5. The van der Waals surface area contributed by atoms with Crippen LogP contribution >= 0.6 is 23.2 Å². The van der Waals surface area contributed by atoms with Crippen LogP contribution in [0.4, 0.5) is 10.6 Å². The van der Waals surface area contributed by atoms with Gasteiger partial charge in [-0.25, -0.2) is 9.78 Å². The van der Waals surface area contributed by atoms with E-state index in [-0.39, 0.29) is 65.2 Å². The zero-order chi connectivity index (χ0) is 32.7. The predicted octanol–water partition coefficient (Wildman–Crippen LogP) is 4.87. The number of anilines is 1. The number of benzene rings is 1. The van der Waals surface area contributed by atoms with Gasteiger partial charge in [0.05, 0.1) is 18.6 Å². The lowest BCUT2D eigenvalue weighted by Gasteiger charge is -2.40. The third-order valence-corrected chi connectivity index (χ3v) is 9.16. The molecule has 3 aliphatic rings. The normalized spacial score (nSPS) is 21.4. The molecule has 0 bridgehead atoms. The Morgan fingerprint density at radius 1 is 1.13 bits per heavy atom. The zero-order valence-electron chi connectivity index (χ0n) is 26.6. The van der Waals surface area contributed by atoms with E-state index in [0.29, 0.717) is 38.4 Å². The summed E-state index contributed by atoms with van der Waals surface area (Å²) < 4.78 is 17.3. The van der Waals surface area contributed by atoms with Gasteiger partial charge in [0, 0.05) is 38.8 Å². The number of likely N-dealkylation sites (N-methyl/N-ethyl adjacent to an activating group) is 1. The molecule has 45 heavy (non-hydrogen) atoms. The van der Waals surface area contributed by atoms with Gasteiger partial charge < -0.3 is 28.9 Å². The van der Waals surface area contributed by atoms with E-state index in [9.17, 15) is 14.4 Å². The van der Waals surface area contributed by atoms with Crippen LogP contribution in [-0.2, 0) is 20.9 Å². The summed E-state index contributed by atoms with van der Waals surface area (Å²) in [7, 11) is 1.72. The van der Waals surface area contributed by atoms with Crippen LogP contribution in [-0.4, -0.2) is 107 Å². The van der Waals surface area contributed by atoms with E-state index in [1.54, 1.807) is 16.8 Å². The molecule has 2 amide bonds. The van der Waals surface area contributed by atoms with Crippen molar-refractivity contribution in [3.05, 3.63) is 51.6 Å². The van der Waals surface area contributed by atoms with E-state index in [0.717, 1.165) is 5.56 Å². The molecule has 1 aromatic carbocycles. The Morgan fingerprint density at radius 2 is 1.84 bits per heavy atom. The van der Waals surface area contributed by atoms with Crippen molar-refractivity contribution >= 4 is 47.0 Å². The minimum absolute atomic E-state index is 0.0284. The van der Waals surface area contributed by atoms with Crippen LogP contribution in [0.2, 0.25) is 10.2 Å². The lowest BCUT2D eigenvalue weighted by atomic mass is 9.99. The van der Waals surface area contributed by atoms with E-state index < -0.39 is 17.2 Å². The van der Waals surface area contributed by atoms with Gasteiger partial charge >= 0.3 is 12.1 Å². The number of piperazine rings is 1. The fraction of sp³-hybridized carbons (Fsp3) is 0.562. The molecule has 0 radical (unpaired) electrons. The van der Waals surface area contributed by atoms with Crippen LogP contribution in [0.15, 0.2) is 30.3 Å². The first kappa shape index (κ1) is 33.1. The van der Waals surface area contributed by atoms with Crippen molar-refractivity contribution in [2.45, 2.75) is 70.9 Å². The van der Waals surface area contributed by atoms with Gasteiger partial charge in [0.2, 0.25) is 0 Å². The molecule has 4 heterocycles. The van der Waals surface area contributed by atoms with Crippen LogP contribution in [0.1, 0.15) is 57.0 Å². The number of hydrogen-bond donors (Lipinski definition) is 0. The van der Waals surface area contributed by atoms with Crippen molar-refractivity contribution in [1.82, 2.24) is 19.7 Å². The van der Waals surface area contributed by atoms with Gasteiger partial charge in [-0.2, -0.15) is 0 Å². The van der Waals surface area contributed by atoms with Gasteiger partial charge in [-0.1, -0.05) is 53.5 Å². The molecule has 5 rings (SSSR count). The maximum Gasteiger partial charge on any atom is 0.410 e. The van der Waals surface area contributed by atoms with Crippen molar-refractivity contribution in [3.8, 4) is 5.75 Å². The second-order valence-corrected chi connectivity index (χ2v) is 14.2. The van der Waals surface area contributed by atoms with Crippen LogP contribution in [0.5, 0.6) is 5.75 Å². The van der Waals surface area contributed by atoms with Gasteiger partial charge in [0.15, 0.2) is 10.9 Å². The molecule has 0 N–H and O–H groups in total. The minimum Gasteiger partial charge on any atom is -0.489 e. The summed E-state index contributed by atoms with van der Waals surface area (Å²) in [6.07, 6.45) is 0.186. The van der Waals surface area contributed by atoms with Gasteiger partial charge in [-0.15, -0.1) is 0 Å². The molecule has 2 atom stereocenters. The van der Waals surface area contributed by atoms with Crippen molar-refractivity contribution in [2.24, 2.45) is 0 Å². The highest BCUT2D eigenvalue weighted by atomic mass is 35.5. The Morgan fingerprint density at radius 3 is 2.53 bits per heavy atom. The first-order valence-corrected chi connectivity index (χ1v) is 15.9. The van der Waals surface area contributed by atoms with Gasteiger partial charge in [0.25, 0.3) is 5.91 Å². The van der Waals surface area contributed by atoms with E-state index in [2.05, 4.69) is 4.98 Å². The highest BCUT2D eigenvalue weighted by Gasteiger charge is 2.47. The zero-order valence-corrected chi connectivity index (χ0v) is 28.2. The summed E-state index contributed by atoms with van der Waals surface area (Å²) in [5, 5.41) is 0.102. The summed E-state index contributed by atoms with van der Waals surface area (Å²) in [6.45, 7) is 11.7. The van der Waals surface area contributed by atoms with E-state index in [4.69, 9.17) is 37.4 Å². The van der Waals surface area contributed by atoms with Crippen LogP contribution in [0.25, 0.3) is 0 Å². The second-order valence-electron chi connectivity index (χ2n) is 13.5. The number of amides is 2. The Kier molecular flexibility index (Phi) is 9.45. The first-order valence-electron chi connectivity index (χ1n) is 15.1. The topological polar surface area (TPSA) is 105 Å². The largest absolute Gasteiger partial charge is 0.489 e. The number of carbonyl (C=O) groups excluding carboxylic acids is 3. The Balaban J connectivity index is 1.33. The predicted molar refractivity (Wildman–Crippen MR) is 171 cm³/mol. The van der Waals surface area contributed by atoms with Crippen molar-refractivity contribution in [1.29, 1.82) is 0 Å². The molecule has 1 unspecified atom stereocenters. The maximum absolute atomic E-state index is 14.3. The number of carbonyl (C=O) groups is 3. The highest BCUT2D eigenvalue weighted by Crippen LogP contribution is 2.45. The average molecular weight is 663 g/mol. The first-order chi connectivity index (χ1) is 21.1. The molecular formula is C32H41Cl2N5O6. The minimum atomic E-state index is -0.630. The Bertz CT molecular complexity index is 1450. The van der Waals surface area contributed by atoms with E-state index >= 15 is 0 Å². The molecule has 1 aromatic heterocycles. The monoisotopic (exact) mass is 661 g/mol. The number of pyridine rings is 1. The fourth-order valence-electron chi connectivity index (χ4n) is 6.11. The summed E-state index contributed by atoms with van der Waals surface area (Å²) in [6, 6.07) is 8.98. The third-order valence-electron chi connectivity index (χ3n) is 8.44. The smallest absolute Gasteiger partial charge is 0.410 e. The molecule has 2 aromatic rings. The maximum atomic E-state index is 14.3. The molecule has 3 aliphatic heterocycles. The third kappa shape index (κ3) is 7.26. The molecule has 2 saturated heterocycles. The highest BCUT2D eigenvalue weighted by molar-refractivity contribution is 6.42. The number of hydrogen-bond acceptors (Lipinski definition) is 9. The summed E-state index contributed by atoms with van der Waals surface area (Å²) in [5.41, 5.74) is 0.0365. The number of rotatable bonds is 6. The van der Waals surface area contributed by atoms with Gasteiger partial charge in [-0.05, 0) is 46.6 Å². The number of ether oxygens (including phenoxy) is 3. The molecule has 0 aliphatic carbocycles. The van der Waals surface area contributed by atoms with Crippen LogP contribution in [0, 0.1) is 0 Å². The molecule has 244 valence electrons. The number of aromatic nitrogens is 1. The summed E-state index contributed by atoms with van der Waals surface area (Å²) >= 11 is 13.1. The molecule has 2 fully saturated rings. The Labute approximate surface area is 274 Å².